The van der Waals surface area contributed by atoms with Gasteiger partial charge in [-0.05, 0) is 36.8 Å². The molecule has 0 nitrogen and oxygen atoms in total. The van der Waals surface area contributed by atoms with E-state index >= 15 is 0 Å². The summed E-state index contributed by atoms with van der Waals surface area (Å²) in [6, 6.07) is 14.6. The molecule has 4 heteroatoms. The molecule has 2 aromatic carbocycles. The van der Waals surface area contributed by atoms with Crippen LogP contribution in [-0.2, 0) is 6.42 Å². The third-order valence-corrected chi connectivity index (χ3v) is 3.60. The third-order valence-electron chi connectivity index (χ3n) is 2.58. The van der Waals surface area contributed by atoms with Crippen LogP contribution in [0.2, 0.25) is 0 Å². The topological polar surface area (TPSA) is 0 Å². The molecule has 0 bridgehead atoms. The number of rotatable bonds is 3. The van der Waals surface area contributed by atoms with Gasteiger partial charge in [0, 0.05) is 9.79 Å². The molecule has 0 aliphatic heterocycles. The Morgan fingerprint density at radius 1 is 0.842 bits per heavy atom. The summed E-state index contributed by atoms with van der Waals surface area (Å²) in [5.41, 5.74) is 1.48. The van der Waals surface area contributed by atoms with Gasteiger partial charge >= 0.3 is 6.18 Å². The van der Waals surface area contributed by atoms with E-state index in [1.54, 1.807) is 23.9 Å². The Morgan fingerprint density at radius 3 is 1.79 bits per heavy atom. The monoisotopic (exact) mass is 282 g/mol. The van der Waals surface area contributed by atoms with Crippen molar-refractivity contribution in [1.29, 1.82) is 0 Å². The molecule has 0 unspecified atom stereocenters. The standard InChI is InChI=1S/C15H13F3S/c1-11-2-6-13(7-3-11)19-14-8-4-12(5-9-14)10-15(16,17)18/h2-9H,10H2,1H3. The number of hydrogen-bond donors (Lipinski definition) is 0. The average molecular weight is 282 g/mol. The lowest BCUT2D eigenvalue weighted by Gasteiger charge is -2.07. The Morgan fingerprint density at radius 2 is 1.32 bits per heavy atom. The molecule has 0 radical (unpaired) electrons. The van der Waals surface area contributed by atoms with Gasteiger partial charge in [-0.2, -0.15) is 13.2 Å². The van der Waals surface area contributed by atoms with E-state index in [1.165, 1.54) is 17.7 Å². The highest BCUT2D eigenvalue weighted by molar-refractivity contribution is 7.99. The predicted molar refractivity (Wildman–Crippen MR) is 71.5 cm³/mol. The fourth-order valence-electron chi connectivity index (χ4n) is 1.65. The molecule has 0 saturated carbocycles. The zero-order chi connectivity index (χ0) is 13.9. The highest BCUT2D eigenvalue weighted by Gasteiger charge is 2.27. The van der Waals surface area contributed by atoms with Crippen LogP contribution in [0.25, 0.3) is 0 Å². The quantitative estimate of drug-likeness (QED) is 0.740. The van der Waals surface area contributed by atoms with Crippen LogP contribution in [-0.4, -0.2) is 6.18 Å². The molecule has 2 rings (SSSR count). The summed E-state index contributed by atoms with van der Waals surface area (Å²) in [7, 11) is 0. The first kappa shape index (κ1) is 14.0. The molecule has 0 amide bonds. The number of alkyl halides is 3. The van der Waals surface area contributed by atoms with Crippen LogP contribution < -0.4 is 0 Å². The van der Waals surface area contributed by atoms with Gasteiger partial charge in [-0.15, -0.1) is 0 Å². The number of hydrogen-bond acceptors (Lipinski definition) is 1. The zero-order valence-electron chi connectivity index (χ0n) is 10.4. The van der Waals surface area contributed by atoms with Crippen LogP contribution in [0.1, 0.15) is 11.1 Å². The highest BCUT2D eigenvalue weighted by atomic mass is 32.2. The Labute approximate surface area is 114 Å². The largest absolute Gasteiger partial charge is 0.393 e. The molecule has 100 valence electrons. The summed E-state index contributed by atoms with van der Waals surface area (Å²) in [6.07, 6.45) is -5.02. The molecule has 0 spiro atoms. The molecule has 0 fully saturated rings. The smallest absolute Gasteiger partial charge is 0.171 e. The van der Waals surface area contributed by atoms with Gasteiger partial charge in [0.25, 0.3) is 0 Å². The van der Waals surface area contributed by atoms with Crippen LogP contribution in [0.4, 0.5) is 13.2 Å². The molecule has 2 aromatic rings. The van der Waals surface area contributed by atoms with Crippen molar-refractivity contribution < 1.29 is 13.2 Å². The minimum absolute atomic E-state index is 0.292. The van der Waals surface area contributed by atoms with E-state index in [4.69, 9.17) is 0 Å². The fraction of sp³-hybridized carbons (Fsp3) is 0.200. The van der Waals surface area contributed by atoms with Gasteiger partial charge in [0.15, 0.2) is 0 Å². The summed E-state index contributed by atoms with van der Waals surface area (Å²) in [6.45, 7) is 2.01. The molecule has 0 saturated heterocycles. The van der Waals surface area contributed by atoms with Gasteiger partial charge in [-0.1, -0.05) is 41.6 Å². The average Bonchev–Trinajstić information content (AvgIpc) is 2.33. The van der Waals surface area contributed by atoms with Crippen LogP contribution >= 0.6 is 11.8 Å². The summed E-state index contributed by atoms with van der Waals surface area (Å²) in [5, 5.41) is 0. The van der Waals surface area contributed by atoms with Gasteiger partial charge < -0.3 is 0 Å². The van der Waals surface area contributed by atoms with Gasteiger partial charge in [0.2, 0.25) is 0 Å². The van der Waals surface area contributed by atoms with Gasteiger partial charge in [-0.25, -0.2) is 0 Å². The molecule has 0 atom stereocenters. The van der Waals surface area contributed by atoms with Crippen LogP contribution in [0.15, 0.2) is 58.3 Å². The molecule has 0 aliphatic carbocycles. The van der Waals surface area contributed by atoms with Crippen molar-refractivity contribution in [1.82, 2.24) is 0 Å². The van der Waals surface area contributed by atoms with E-state index in [-0.39, 0.29) is 0 Å². The molecule has 0 aliphatic rings. The van der Waals surface area contributed by atoms with Crippen molar-refractivity contribution >= 4 is 11.8 Å². The SMILES string of the molecule is Cc1ccc(Sc2ccc(CC(F)(F)F)cc2)cc1. The van der Waals surface area contributed by atoms with Crippen molar-refractivity contribution in [3.8, 4) is 0 Å². The van der Waals surface area contributed by atoms with Gasteiger partial charge in [0.1, 0.15) is 0 Å². The van der Waals surface area contributed by atoms with Crippen LogP contribution in [0.3, 0.4) is 0 Å². The summed E-state index contributed by atoms with van der Waals surface area (Å²) < 4.78 is 36.7. The second-order valence-corrected chi connectivity index (χ2v) is 5.50. The first-order valence-corrected chi connectivity index (χ1v) is 6.64. The second kappa shape index (κ2) is 5.70. The molecule has 0 N–H and O–H groups in total. The first-order chi connectivity index (χ1) is 8.92. The van der Waals surface area contributed by atoms with Crippen molar-refractivity contribution in [2.75, 3.05) is 0 Å². The number of halogens is 3. The second-order valence-electron chi connectivity index (χ2n) is 4.35. The Bertz CT molecular complexity index is 527. The molecular formula is C15H13F3S. The lowest BCUT2D eigenvalue weighted by Crippen LogP contribution is -2.11. The Kier molecular flexibility index (Phi) is 4.20. The van der Waals surface area contributed by atoms with Crippen LogP contribution in [0, 0.1) is 6.92 Å². The fourth-order valence-corrected chi connectivity index (χ4v) is 2.47. The van der Waals surface area contributed by atoms with E-state index < -0.39 is 12.6 Å². The van der Waals surface area contributed by atoms with E-state index in [0.29, 0.717) is 5.56 Å². The van der Waals surface area contributed by atoms with Crippen molar-refractivity contribution in [3.05, 3.63) is 59.7 Å². The highest BCUT2D eigenvalue weighted by Crippen LogP contribution is 2.29. The summed E-state index contributed by atoms with van der Waals surface area (Å²) in [4.78, 5) is 2.02. The van der Waals surface area contributed by atoms with Gasteiger partial charge in [-0.3, -0.25) is 0 Å². The van der Waals surface area contributed by atoms with E-state index in [9.17, 15) is 13.2 Å². The minimum Gasteiger partial charge on any atom is -0.171 e. The Balaban J connectivity index is 2.04. The lowest BCUT2D eigenvalue weighted by atomic mass is 10.1. The van der Waals surface area contributed by atoms with E-state index in [1.807, 2.05) is 31.2 Å². The molecule has 0 aromatic heterocycles. The maximum atomic E-state index is 12.2. The molecular weight excluding hydrogens is 269 g/mol. The van der Waals surface area contributed by atoms with Crippen molar-refractivity contribution in [2.24, 2.45) is 0 Å². The van der Waals surface area contributed by atoms with Crippen molar-refractivity contribution in [2.45, 2.75) is 29.3 Å². The van der Waals surface area contributed by atoms with Crippen LogP contribution in [0.5, 0.6) is 0 Å². The summed E-state index contributed by atoms with van der Waals surface area (Å²) >= 11 is 1.54. The Hall–Kier alpha value is -1.42. The maximum Gasteiger partial charge on any atom is 0.393 e. The molecule has 19 heavy (non-hydrogen) atoms. The summed E-state index contributed by atoms with van der Waals surface area (Å²) in [5.74, 6) is 0. The first-order valence-electron chi connectivity index (χ1n) is 5.83. The number of benzene rings is 2. The third kappa shape index (κ3) is 4.63. The minimum atomic E-state index is -4.15. The predicted octanol–water partition coefficient (Wildman–Crippen LogP) is 5.25. The normalized spacial score (nSPS) is 11.6. The van der Waals surface area contributed by atoms with Crippen molar-refractivity contribution in [3.63, 3.8) is 0 Å². The van der Waals surface area contributed by atoms with E-state index in [0.717, 1.165) is 9.79 Å². The van der Waals surface area contributed by atoms with Gasteiger partial charge in [0.05, 0.1) is 6.42 Å². The number of aryl methyl sites for hydroxylation is 1. The maximum absolute atomic E-state index is 12.2. The molecule has 0 heterocycles. The lowest BCUT2D eigenvalue weighted by molar-refractivity contribution is -0.127. The van der Waals surface area contributed by atoms with E-state index in [2.05, 4.69) is 0 Å². The zero-order valence-corrected chi connectivity index (χ0v) is 11.2.